The molecule has 0 spiro atoms. The number of benzene rings is 1. The molecule has 2 N–H and O–H groups in total. The fourth-order valence-electron chi connectivity index (χ4n) is 3.83. The van der Waals surface area contributed by atoms with Gasteiger partial charge in [-0.25, -0.2) is 15.4 Å². The van der Waals surface area contributed by atoms with Gasteiger partial charge in [-0.15, -0.1) is 0 Å². The second-order valence-electron chi connectivity index (χ2n) is 6.50. The van der Waals surface area contributed by atoms with Gasteiger partial charge >= 0.3 is 0 Å². The lowest BCUT2D eigenvalue weighted by molar-refractivity contribution is 0.0705. The highest BCUT2D eigenvalue weighted by Gasteiger charge is 2.44. The van der Waals surface area contributed by atoms with E-state index in [0.29, 0.717) is 18.0 Å². The molecule has 2 atom stereocenters. The summed E-state index contributed by atoms with van der Waals surface area (Å²) < 4.78 is 8.58. The Kier molecular flexibility index (Phi) is 3.47. The number of hydrogen-bond acceptors (Lipinski definition) is 9. The molecular formula is C16H15N7O2S. The lowest BCUT2D eigenvalue weighted by atomic mass is 10.2. The summed E-state index contributed by atoms with van der Waals surface area (Å²) in [6.07, 6.45) is 3.91. The Balaban J connectivity index is 1.34. The normalized spacial score (nSPS) is 21.6. The van der Waals surface area contributed by atoms with Gasteiger partial charge in [0.2, 0.25) is 5.95 Å². The van der Waals surface area contributed by atoms with Crippen LogP contribution in [0.15, 0.2) is 30.6 Å². The second-order valence-corrected chi connectivity index (χ2v) is 7.03. The Morgan fingerprint density at radius 3 is 2.58 bits per heavy atom. The van der Waals surface area contributed by atoms with Gasteiger partial charge < -0.3 is 9.80 Å². The SMILES string of the molecule is O=C(NO)c1cnc(N2C[C@@H]3C[C@H]2CN3c2ccc3nsnc3c2)nc1. The molecule has 1 amide bonds. The Hall–Kier alpha value is -2.85. The zero-order valence-corrected chi connectivity index (χ0v) is 14.4. The van der Waals surface area contributed by atoms with Crippen LogP contribution in [-0.4, -0.2) is 55.0 Å². The summed E-state index contributed by atoms with van der Waals surface area (Å²) in [7, 11) is 0. The molecule has 10 heteroatoms. The fourth-order valence-corrected chi connectivity index (χ4v) is 4.35. The van der Waals surface area contributed by atoms with E-state index in [-0.39, 0.29) is 5.56 Å². The van der Waals surface area contributed by atoms with Crippen molar-refractivity contribution in [3.63, 3.8) is 0 Å². The van der Waals surface area contributed by atoms with E-state index in [1.54, 1.807) is 5.48 Å². The van der Waals surface area contributed by atoms with Gasteiger partial charge in [0, 0.05) is 37.2 Å². The van der Waals surface area contributed by atoms with E-state index in [2.05, 4.69) is 40.6 Å². The van der Waals surface area contributed by atoms with Gasteiger partial charge in [0.15, 0.2) is 0 Å². The summed E-state index contributed by atoms with van der Waals surface area (Å²) in [6.45, 7) is 1.74. The lowest BCUT2D eigenvalue weighted by Gasteiger charge is -2.35. The minimum atomic E-state index is -0.613. The van der Waals surface area contributed by atoms with Gasteiger partial charge in [-0.05, 0) is 24.6 Å². The number of piperazine rings is 1. The minimum Gasteiger partial charge on any atom is -0.365 e. The van der Waals surface area contributed by atoms with E-state index in [9.17, 15) is 4.79 Å². The Morgan fingerprint density at radius 1 is 1.12 bits per heavy atom. The van der Waals surface area contributed by atoms with E-state index in [0.717, 1.165) is 30.5 Å². The molecule has 5 rings (SSSR count). The van der Waals surface area contributed by atoms with Crippen LogP contribution >= 0.6 is 11.7 Å². The number of anilines is 2. The zero-order valence-electron chi connectivity index (χ0n) is 13.6. The number of aromatic nitrogens is 4. The van der Waals surface area contributed by atoms with Crippen molar-refractivity contribution in [3.05, 3.63) is 36.2 Å². The van der Waals surface area contributed by atoms with Crippen LogP contribution in [0.5, 0.6) is 0 Å². The first-order valence-electron chi connectivity index (χ1n) is 8.25. The second kappa shape index (κ2) is 5.85. The minimum absolute atomic E-state index is 0.229. The molecule has 2 fully saturated rings. The smallest absolute Gasteiger partial charge is 0.277 e. The van der Waals surface area contributed by atoms with Crippen molar-refractivity contribution in [2.75, 3.05) is 22.9 Å². The standard InChI is InChI=1S/C16H15N7O2S/c24-15(19-25)9-5-17-16(18-6-9)23-8-11-3-12(23)7-22(11)10-1-2-13-14(4-10)21-26-20-13/h1-2,4-6,11-12,25H,3,7-8H2,(H,19,24)/t11-,12-/m0/s1. The fraction of sp³-hybridized carbons (Fsp3) is 0.312. The van der Waals surface area contributed by atoms with Gasteiger partial charge in [0.05, 0.1) is 23.3 Å². The van der Waals surface area contributed by atoms with Crippen molar-refractivity contribution in [1.82, 2.24) is 24.2 Å². The monoisotopic (exact) mass is 369 g/mol. The van der Waals surface area contributed by atoms with E-state index >= 15 is 0 Å². The van der Waals surface area contributed by atoms with Crippen LogP contribution in [0.1, 0.15) is 16.8 Å². The summed E-state index contributed by atoms with van der Waals surface area (Å²) in [5.41, 5.74) is 4.86. The molecule has 132 valence electrons. The Morgan fingerprint density at radius 2 is 1.85 bits per heavy atom. The highest BCUT2D eigenvalue weighted by atomic mass is 32.1. The number of hydroxylamine groups is 1. The molecule has 9 nitrogen and oxygen atoms in total. The zero-order chi connectivity index (χ0) is 17.7. The van der Waals surface area contributed by atoms with Crippen molar-refractivity contribution in [2.45, 2.75) is 18.5 Å². The summed E-state index contributed by atoms with van der Waals surface area (Å²) in [5, 5.41) is 8.67. The molecule has 26 heavy (non-hydrogen) atoms. The Bertz CT molecular complexity index is 976. The maximum Gasteiger partial charge on any atom is 0.277 e. The summed E-state index contributed by atoms with van der Waals surface area (Å²) in [4.78, 5) is 24.5. The molecule has 3 aromatic rings. The molecule has 2 saturated heterocycles. The lowest BCUT2D eigenvalue weighted by Crippen LogP contribution is -2.47. The molecule has 1 aromatic carbocycles. The highest BCUT2D eigenvalue weighted by molar-refractivity contribution is 7.00. The van der Waals surface area contributed by atoms with Crippen LogP contribution in [-0.2, 0) is 0 Å². The highest BCUT2D eigenvalue weighted by Crippen LogP contribution is 2.36. The predicted molar refractivity (Wildman–Crippen MR) is 95.6 cm³/mol. The average molecular weight is 369 g/mol. The van der Waals surface area contributed by atoms with Crippen molar-refractivity contribution in [3.8, 4) is 0 Å². The van der Waals surface area contributed by atoms with Crippen LogP contribution in [0, 0.1) is 0 Å². The van der Waals surface area contributed by atoms with Crippen molar-refractivity contribution in [1.29, 1.82) is 0 Å². The molecule has 0 saturated carbocycles. The third-order valence-corrected chi connectivity index (χ3v) is 5.63. The summed E-state index contributed by atoms with van der Waals surface area (Å²) in [5.74, 6) is 0.00313. The van der Waals surface area contributed by atoms with Gasteiger partial charge in [-0.3, -0.25) is 10.0 Å². The number of carbonyl (C=O) groups is 1. The third kappa shape index (κ3) is 2.37. The average Bonchev–Trinajstić information content (AvgIpc) is 3.41. The largest absolute Gasteiger partial charge is 0.365 e. The molecule has 2 aliphatic rings. The number of nitrogens with one attached hydrogen (secondary N) is 1. The van der Waals surface area contributed by atoms with Crippen molar-refractivity contribution < 1.29 is 10.0 Å². The Labute approximate surface area is 152 Å². The molecular weight excluding hydrogens is 354 g/mol. The van der Waals surface area contributed by atoms with Gasteiger partial charge in [-0.2, -0.15) is 8.75 Å². The number of amides is 1. The molecule has 4 heterocycles. The first kappa shape index (κ1) is 15.4. The molecule has 2 aliphatic heterocycles. The van der Waals surface area contributed by atoms with E-state index in [4.69, 9.17) is 5.21 Å². The summed E-state index contributed by atoms with van der Waals surface area (Å²) >= 11 is 1.23. The number of rotatable bonds is 3. The topological polar surface area (TPSA) is 107 Å². The van der Waals surface area contributed by atoms with Gasteiger partial charge in [0.1, 0.15) is 11.0 Å². The number of carbonyl (C=O) groups excluding carboxylic acids is 1. The molecule has 0 aliphatic carbocycles. The van der Waals surface area contributed by atoms with Crippen LogP contribution in [0.3, 0.4) is 0 Å². The quantitative estimate of drug-likeness (QED) is 0.521. The predicted octanol–water partition coefficient (Wildman–Crippen LogP) is 1.07. The van der Waals surface area contributed by atoms with Gasteiger partial charge in [-0.1, -0.05) is 0 Å². The van der Waals surface area contributed by atoms with Crippen molar-refractivity contribution in [2.24, 2.45) is 0 Å². The molecule has 2 bridgehead atoms. The van der Waals surface area contributed by atoms with Gasteiger partial charge in [0.25, 0.3) is 5.91 Å². The molecule has 2 aromatic heterocycles. The van der Waals surface area contributed by atoms with E-state index in [1.807, 2.05) is 6.07 Å². The molecule has 0 unspecified atom stereocenters. The van der Waals surface area contributed by atoms with E-state index in [1.165, 1.54) is 29.8 Å². The first-order valence-corrected chi connectivity index (χ1v) is 8.98. The maximum absolute atomic E-state index is 11.4. The first-order chi connectivity index (χ1) is 12.7. The summed E-state index contributed by atoms with van der Waals surface area (Å²) in [6, 6.07) is 6.96. The van der Waals surface area contributed by atoms with Crippen LogP contribution in [0.25, 0.3) is 11.0 Å². The maximum atomic E-state index is 11.4. The number of hydrogen-bond donors (Lipinski definition) is 2. The third-order valence-electron chi connectivity index (χ3n) is 5.07. The van der Waals surface area contributed by atoms with Crippen molar-refractivity contribution >= 4 is 40.3 Å². The number of nitrogens with zero attached hydrogens (tertiary/aromatic N) is 6. The van der Waals surface area contributed by atoms with Crippen LogP contribution in [0.4, 0.5) is 11.6 Å². The van der Waals surface area contributed by atoms with Crippen LogP contribution in [0.2, 0.25) is 0 Å². The number of fused-ring (bicyclic) bond motifs is 3. The van der Waals surface area contributed by atoms with Crippen LogP contribution < -0.4 is 15.3 Å². The van der Waals surface area contributed by atoms with E-state index < -0.39 is 5.91 Å². The molecule has 0 radical (unpaired) electrons.